The Hall–Kier alpha value is -2.60. The molecule has 0 atom stereocenters. The SMILES string of the molecule is COc1cccc(-c2[nH]ncc2CNCCn2cc(C)cn2)c1. The first kappa shape index (κ1) is 15.3. The van der Waals surface area contributed by atoms with E-state index in [4.69, 9.17) is 4.74 Å². The molecule has 0 aliphatic carbocycles. The highest BCUT2D eigenvalue weighted by Gasteiger charge is 2.08. The van der Waals surface area contributed by atoms with Crippen molar-refractivity contribution < 1.29 is 4.74 Å². The van der Waals surface area contributed by atoms with E-state index < -0.39 is 0 Å². The molecular formula is C17H21N5O. The van der Waals surface area contributed by atoms with Crippen molar-refractivity contribution in [3.05, 3.63) is 54.0 Å². The molecule has 3 rings (SSSR count). The van der Waals surface area contributed by atoms with Crippen LogP contribution in [0.5, 0.6) is 5.75 Å². The minimum absolute atomic E-state index is 0.753. The number of ether oxygens (including phenoxy) is 1. The summed E-state index contributed by atoms with van der Waals surface area (Å²) in [7, 11) is 1.67. The van der Waals surface area contributed by atoms with E-state index in [1.807, 2.05) is 54.5 Å². The van der Waals surface area contributed by atoms with Crippen LogP contribution in [0.25, 0.3) is 11.3 Å². The van der Waals surface area contributed by atoms with E-state index in [2.05, 4.69) is 20.6 Å². The van der Waals surface area contributed by atoms with Crippen molar-refractivity contribution in [2.75, 3.05) is 13.7 Å². The van der Waals surface area contributed by atoms with Gasteiger partial charge in [-0.3, -0.25) is 9.78 Å². The molecule has 0 spiro atoms. The first-order valence-corrected chi connectivity index (χ1v) is 7.62. The fourth-order valence-electron chi connectivity index (χ4n) is 2.48. The average molecular weight is 311 g/mol. The van der Waals surface area contributed by atoms with Crippen LogP contribution in [-0.2, 0) is 13.1 Å². The first-order valence-electron chi connectivity index (χ1n) is 7.62. The normalized spacial score (nSPS) is 10.9. The van der Waals surface area contributed by atoms with Crippen LogP contribution in [-0.4, -0.2) is 33.6 Å². The zero-order chi connectivity index (χ0) is 16.1. The topological polar surface area (TPSA) is 67.8 Å². The molecule has 6 heteroatoms. The number of aryl methyl sites for hydroxylation is 1. The van der Waals surface area contributed by atoms with Crippen LogP contribution < -0.4 is 10.1 Å². The van der Waals surface area contributed by atoms with Crippen molar-refractivity contribution in [3.8, 4) is 17.0 Å². The van der Waals surface area contributed by atoms with E-state index in [0.29, 0.717) is 0 Å². The van der Waals surface area contributed by atoms with Crippen molar-refractivity contribution in [1.29, 1.82) is 0 Å². The minimum atomic E-state index is 0.753. The second-order valence-corrected chi connectivity index (χ2v) is 5.46. The number of hydrogen-bond donors (Lipinski definition) is 2. The predicted molar refractivity (Wildman–Crippen MR) is 89.2 cm³/mol. The Morgan fingerprint density at radius 2 is 2.22 bits per heavy atom. The Bertz CT molecular complexity index is 762. The van der Waals surface area contributed by atoms with Gasteiger partial charge in [-0.15, -0.1) is 0 Å². The standard InChI is InChI=1S/C17H21N5O/c1-13-9-20-22(12-13)7-6-18-10-15-11-19-21-17(15)14-4-3-5-16(8-14)23-2/h3-5,8-9,11-12,18H,6-7,10H2,1-2H3,(H,19,21). The maximum absolute atomic E-state index is 5.28. The van der Waals surface area contributed by atoms with E-state index in [0.717, 1.165) is 42.2 Å². The Kier molecular flexibility index (Phi) is 4.73. The van der Waals surface area contributed by atoms with Gasteiger partial charge >= 0.3 is 0 Å². The third kappa shape index (κ3) is 3.78. The molecule has 0 fully saturated rings. The molecule has 3 aromatic rings. The molecule has 2 heterocycles. The molecule has 2 aromatic heterocycles. The lowest BCUT2D eigenvalue weighted by Gasteiger charge is -2.07. The smallest absolute Gasteiger partial charge is 0.119 e. The summed E-state index contributed by atoms with van der Waals surface area (Å²) in [5.74, 6) is 0.838. The molecule has 0 saturated heterocycles. The first-order chi connectivity index (χ1) is 11.3. The summed E-state index contributed by atoms with van der Waals surface area (Å²) in [5, 5.41) is 15.0. The predicted octanol–water partition coefficient (Wildman–Crippen LogP) is 2.38. The molecule has 0 amide bonds. The van der Waals surface area contributed by atoms with Gasteiger partial charge in [0.2, 0.25) is 0 Å². The van der Waals surface area contributed by atoms with E-state index in [1.165, 1.54) is 5.56 Å². The maximum atomic E-state index is 5.28. The van der Waals surface area contributed by atoms with Gasteiger partial charge in [-0.2, -0.15) is 10.2 Å². The molecule has 0 radical (unpaired) electrons. The number of methoxy groups -OCH3 is 1. The Morgan fingerprint density at radius 1 is 1.30 bits per heavy atom. The van der Waals surface area contributed by atoms with Crippen molar-refractivity contribution in [3.63, 3.8) is 0 Å². The summed E-state index contributed by atoms with van der Waals surface area (Å²) < 4.78 is 7.23. The molecule has 0 bridgehead atoms. The number of nitrogens with zero attached hydrogens (tertiary/aromatic N) is 3. The number of aromatic nitrogens is 4. The fraction of sp³-hybridized carbons (Fsp3) is 0.294. The van der Waals surface area contributed by atoms with Crippen molar-refractivity contribution in [2.24, 2.45) is 0 Å². The van der Waals surface area contributed by atoms with Crippen LogP contribution in [0.15, 0.2) is 42.9 Å². The lowest BCUT2D eigenvalue weighted by molar-refractivity contribution is 0.415. The number of hydrogen-bond acceptors (Lipinski definition) is 4. The Morgan fingerprint density at radius 3 is 3.00 bits per heavy atom. The number of nitrogens with one attached hydrogen (secondary N) is 2. The van der Waals surface area contributed by atoms with Gasteiger partial charge in [-0.25, -0.2) is 0 Å². The van der Waals surface area contributed by atoms with Crippen LogP contribution in [0, 0.1) is 6.92 Å². The zero-order valence-corrected chi connectivity index (χ0v) is 13.4. The monoisotopic (exact) mass is 311 g/mol. The second kappa shape index (κ2) is 7.11. The average Bonchev–Trinajstić information content (AvgIpc) is 3.20. The second-order valence-electron chi connectivity index (χ2n) is 5.46. The van der Waals surface area contributed by atoms with Crippen LogP contribution in [0.1, 0.15) is 11.1 Å². The van der Waals surface area contributed by atoms with Gasteiger partial charge in [0.25, 0.3) is 0 Å². The molecule has 2 N–H and O–H groups in total. The molecule has 120 valence electrons. The van der Waals surface area contributed by atoms with Crippen molar-refractivity contribution in [1.82, 2.24) is 25.3 Å². The lowest BCUT2D eigenvalue weighted by Crippen LogP contribution is -2.19. The van der Waals surface area contributed by atoms with E-state index in [9.17, 15) is 0 Å². The summed E-state index contributed by atoms with van der Waals surface area (Å²) in [4.78, 5) is 0. The molecule has 0 saturated carbocycles. The van der Waals surface area contributed by atoms with Crippen LogP contribution in [0.3, 0.4) is 0 Å². The van der Waals surface area contributed by atoms with Crippen LogP contribution in [0.2, 0.25) is 0 Å². The Labute approximate surface area is 135 Å². The summed E-state index contributed by atoms with van der Waals surface area (Å²) >= 11 is 0. The summed E-state index contributed by atoms with van der Waals surface area (Å²) in [6, 6.07) is 7.96. The highest BCUT2D eigenvalue weighted by atomic mass is 16.5. The minimum Gasteiger partial charge on any atom is -0.497 e. The lowest BCUT2D eigenvalue weighted by atomic mass is 10.1. The van der Waals surface area contributed by atoms with Crippen LogP contribution in [0.4, 0.5) is 0 Å². The van der Waals surface area contributed by atoms with Gasteiger partial charge in [0, 0.05) is 30.4 Å². The van der Waals surface area contributed by atoms with Gasteiger partial charge in [-0.1, -0.05) is 12.1 Å². The molecule has 0 aliphatic heterocycles. The van der Waals surface area contributed by atoms with Crippen LogP contribution >= 0.6 is 0 Å². The molecule has 0 aliphatic rings. The summed E-state index contributed by atoms with van der Waals surface area (Å²) in [5.41, 5.74) is 4.41. The fourth-order valence-corrected chi connectivity index (χ4v) is 2.48. The number of H-pyrrole nitrogens is 1. The van der Waals surface area contributed by atoms with Crippen molar-refractivity contribution >= 4 is 0 Å². The van der Waals surface area contributed by atoms with Crippen molar-refractivity contribution in [2.45, 2.75) is 20.0 Å². The van der Waals surface area contributed by atoms with Gasteiger partial charge in [0.1, 0.15) is 5.75 Å². The molecule has 0 unspecified atom stereocenters. The van der Waals surface area contributed by atoms with E-state index in [1.54, 1.807) is 7.11 Å². The largest absolute Gasteiger partial charge is 0.497 e. The third-order valence-electron chi connectivity index (χ3n) is 3.67. The Balaban J connectivity index is 1.60. The number of rotatable bonds is 7. The highest BCUT2D eigenvalue weighted by Crippen LogP contribution is 2.24. The van der Waals surface area contributed by atoms with E-state index >= 15 is 0 Å². The van der Waals surface area contributed by atoms with Gasteiger partial charge in [0.05, 0.1) is 31.7 Å². The van der Waals surface area contributed by atoms with Gasteiger partial charge in [-0.05, 0) is 24.6 Å². The number of aromatic amines is 1. The third-order valence-corrected chi connectivity index (χ3v) is 3.67. The molecule has 23 heavy (non-hydrogen) atoms. The summed E-state index contributed by atoms with van der Waals surface area (Å²) in [6.07, 6.45) is 5.78. The molecule has 6 nitrogen and oxygen atoms in total. The van der Waals surface area contributed by atoms with Gasteiger partial charge < -0.3 is 10.1 Å². The maximum Gasteiger partial charge on any atom is 0.119 e. The van der Waals surface area contributed by atoms with Gasteiger partial charge in [0.15, 0.2) is 0 Å². The summed E-state index contributed by atoms with van der Waals surface area (Å²) in [6.45, 7) is 4.50. The zero-order valence-electron chi connectivity index (χ0n) is 13.4. The molecular weight excluding hydrogens is 290 g/mol. The number of benzene rings is 1. The quantitative estimate of drug-likeness (QED) is 0.657. The van der Waals surface area contributed by atoms with E-state index in [-0.39, 0.29) is 0 Å². The molecule has 1 aromatic carbocycles. The highest BCUT2D eigenvalue weighted by molar-refractivity contribution is 5.64.